The number of sulfonamides is 1. The van der Waals surface area contributed by atoms with Crippen LogP contribution < -0.4 is 4.72 Å². The van der Waals surface area contributed by atoms with Crippen LogP contribution >= 0.6 is 0 Å². The summed E-state index contributed by atoms with van der Waals surface area (Å²) in [6.45, 7) is 2.76. The lowest BCUT2D eigenvalue weighted by Crippen LogP contribution is -2.24. The first kappa shape index (κ1) is 16.2. The zero-order valence-electron chi connectivity index (χ0n) is 11.9. The lowest BCUT2D eigenvalue weighted by atomic mass is 10.1. The summed E-state index contributed by atoms with van der Waals surface area (Å²) in [4.78, 5) is 10.8. The van der Waals surface area contributed by atoms with E-state index in [9.17, 15) is 17.6 Å². The van der Waals surface area contributed by atoms with E-state index in [0.29, 0.717) is 5.76 Å². The second-order valence-electron chi connectivity index (χ2n) is 4.71. The molecule has 1 heterocycles. The van der Waals surface area contributed by atoms with Crippen molar-refractivity contribution in [2.75, 3.05) is 0 Å². The first-order valence-electron chi connectivity index (χ1n) is 6.29. The Labute approximate surface area is 126 Å². The Hall–Kier alpha value is -2.19. The van der Waals surface area contributed by atoms with E-state index < -0.39 is 21.8 Å². The number of carboxylic acid groups (broad SMARTS) is 1. The minimum atomic E-state index is -3.88. The number of rotatable bonds is 5. The summed E-state index contributed by atoms with van der Waals surface area (Å²) < 4.78 is 45.4. The third-order valence-electron chi connectivity index (χ3n) is 3.03. The van der Waals surface area contributed by atoms with Gasteiger partial charge in [0.25, 0.3) is 0 Å². The number of aromatic carboxylic acids is 1. The number of benzene rings is 1. The van der Waals surface area contributed by atoms with Crippen LogP contribution in [0.1, 0.15) is 27.4 Å². The maximum atomic E-state index is 13.6. The molecule has 6 nitrogen and oxygen atoms in total. The van der Waals surface area contributed by atoms with Gasteiger partial charge in [-0.3, -0.25) is 0 Å². The van der Waals surface area contributed by atoms with E-state index in [1.165, 1.54) is 13.0 Å². The molecule has 0 atom stereocenters. The molecule has 1 aromatic carbocycles. The average Bonchev–Trinajstić information content (AvgIpc) is 2.77. The van der Waals surface area contributed by atoms with Crippen LogP contribution in [0.2, 0.25) is 0 Å². The summed E-state index contributed by atoms with van der Waals surface area (Å²) in [5, 5.41) is 8.87. The molecule has 0 saturated heterocycles. The number of carboxylic acids is 1. The number of hydrogen-bond acceptors (Lipinski definition) is 4. The highest BCUT2D eigenvalue weighted by molar-refractivity contribution is 7.89. The van der Waals surface area contributed by atoms with Gasteiger partial charge in [0, 0.05) is 12.1 Å². The van der Waals surface area contributed by atoms with Crippen molar-refractivity contribution in [2.45, 2.75) is 25.3 Å². The first-order valence-corrected chi connectivity index (χ1v) is 7.77. The number of carbonyl (C=O) groups is 1. The molecule has 8 heteroatoms. The number of nitrogens with one attached hydrogen (secondary N) is 1. The summed E-state index contributed by atoms with van der Waals surface area (Å²) in [7, 11) is -3.88. The molecule has 1 aromatic heterocycles. The largest absolute Gasteiger partial charge is 0.478 e. The van der Waals surface area contributed by atoms with Crippen LogP contribution in [-0.4, -0.2) is 19.5 Å². The smallest absolute Gasteiger partial charge is 0.335 e. The Morgan fingerprint density at radius 2 is 2.00 bits per heavy atom. The maximum Gasteiger partial charge on any atom is 0.335 e. The molecular weight excluding hydrogens is 313 g/mol. The molecule has 0 bridgehead atoms. The number of furan rings is 1. The van der Waals surface area contributed by atoms with Crippen LogP contribution in [0.3, 0.4) is 0 Å². The van der Waals surface area contributed by atoms with Crippen molar-refractivity contribution in [3.05, 3.63) is 52.7 Å². The van der Waals surface area contributed by atoms with E-state index >= 15 is 0 Å². The molecule has 0 aliphatic rings. The lowest BCUT2D eigenvalue weighted by Gasteiger charge is -2.07. The van der Waals surface area contributed by atoms with Gasteiger partial charge in [0.05, 0.1) is 5.56 Å². The first-order chi connectivity index (χ1) is 10.2. The third kappa shape index (κ3) is 3.34. The Morgan fingerprint density at radius 1 is 1.32 bits per heavy atom. The predicted molar refractivity (Wildman–Crippen MR) is 75.6 cm³/mol. The van der Waals surface area contributed by atoms with Crippen molar-refractivity contribution in [3.63, 3.8) is 0 Å². The Bertz CT molecular complexity index is 826. The number of aryl methyl sites for hydroxylation is 2. The highest BCUT2D eigenvalue weighted by Crippen LogP contribution is 2.20. The van der Waals surface area contributed by atoms with Crippen LogP contribution in [0.5, 0.6) is 0 Å². The predicted octanol–water partition coefficient (Wildman–Crippen LogP) is 2.21. The molecule has 0 amide bonds. The van der Waals surface area contributed by atoms with Crippen molar-refractivity contribution in [2.24, 2.45) is 0 Å². The van der Waals surface area contributed by atoms with Gasteiger partial charge in [0.15, 0.2) is 0 Å². The van der Waals surface area contributed by atoms with E-state index in [2.05, 4.69) is 4.72 Å². The molecule has 0 fully saturated rings. The molecule has 0 aliphatic carbocycles. The fourth-order valence-electron chi connectivity index (χ4n) is 1.97. The van der Waals surface area contributed by atoms with E-state index in [1.807, 2.05) is 0 Å². The molecule has 0 aliphatic heterocycles. The highest BCUT2D eigenvalue weighted by Gasteiger charge is 2.21. The van der Waals surface area contributed by atoms with Gasteiger partial charge in [-0.1, -0.05) is 0 Å². The molecule has 2 rings (SSSR count). The average molecular weight is 327 g/mol. The lowest BCUT2D eigenvalue weighted by molar-refractivity contribution is 0.0696. The van der Waals surface area contributed by atoms with Crippen LogP contribution in [-0.2, 0) is 16.6 Å². The second kappa shape index (κ2) is 5.90. The van der Waals surface area contributed by atoms with Crippen LogP contribution in [0.4, 0.5) is 4.39 Å². The SMILES string of the molecule is Cc1cc(S(=O)(=O)NCc2cc(C(=O)O)ccc2F)c(C)o1. The van der Waals surface area contributed by atoms with E-state index in [0.717, 1.165) is 18.2 Å². The van der Waals surface area contributed by atoms with Crippen LogP contribution in [0, 0.1) is 19.7 Å². The van der Waals surface area contributed by atoms with Crippen LogP contribution in [0.25, 0.3) is 0 Å². The van der Waals surface area contributed by atoms with Crippen molar-refractivity contribution in [1.82, 2.24) is 4.72 Å². The quantitative estimate of drug-likeness (QED) is 0.877. The van der Waals surface area contributed by atoms with Crippen molar-refractivity contribution < 1.29 is 27.1 Å². The van der Waals surface area contributed by atoms with Gasteiger partial charge in [-0.2, -0.15) is 0 Å². The fraction of sp³-hybridized carbons (Fsp3) is 0.214. The minimum Gasteiger partial charge on any atom is -0.478 e. The topological polar surface area (TPSA) is 96.6 Å². The second-order valence-corrected chi connectivity index (χ2v) is 6.45. The van der Waals surface area contributed by atoms with E-state index in [-0.39, 0.29) is 28.3 Å². The molecular formula is C14H14FNO5S. The molecule has 118 valence electrons. The van der Waals surface area contributed by atoms with Crippen molar-refractivity contribution in [3.8, 4) is 0 Å². The van der Waals surface area contributed by atoms with Gasteiger partial charge in [0.2, 0.25) is 10.0 Å². The molecule has 0 unspecified atom stereocenters. The standard InChI is InChI=1S/C14H14FNO5S/c1-8-5-13(9(2)21-8)22(19,20)16-7-11-6-10(14(17)18)3-4-12(11)15/h3-6,16H,7H2,1-2H3,(H,17,18). The highest BCUT2D eigenvalue weighted by atomic mass is 32.2. The van der Waals surface area contributed by atoms with Crippen molar-refractivity contribution >= 4 is 16.0 Å². The summed E-state index contributed by atoms with van der Waals surface area (Å²) in [6, 6.07) is 4.55. The summed E-state index contributed by atoms with van der Waals surface area (Å²) in [6.07, 6.45) is 0. The third-order valence-corrected chi connectivity index (χ3v) is 4.54. The monoisotopic (exact) mass is 327 g/mol. The van der Waals surface area contributed by atoms with Gasteiger partial charge < -0.3 is 9.52 Å². The van der Waals surface area contributed by atoms with Gasteiger partial charge in [-0.15, -0.1) is 0 Å². The maximum absolute atomic E-state index is 13.6. The molecule has 0 spiro atoms. The summed E-state index contributed by atoms with van der Waals surface area (Å²) >= 11 is 0. The van der Waals surface area contributed by atoms with E-state index in [1.54, 1.807) is 6.92 Å². The fourth-order valence-corrected chi connectivity index (χ4v) is 3.21. The summed E-state index contributed by atoms with van der Waals surface area (Å²) in [5.41, 5.74) is -0.174. The number of halogens is 1. The molecule has 2 N–H and O–H groups in total. The zero-order chi connectivity index (χ0) is 16.5. The molecule has 0 radical (unpaired) electrons. The van der Waals surface area contributed by atoms with Gasteiger partial charge in [-0.25, -0.2) is 22.3 Å². The normalized spacial score (nSPS) is 11.6. The van der Waals surface area contributed by atoms with Crippen LogP contribution in [0.15, 0.2) is 33.6 Å². The van der Waals surface area contributed by atoms with Gasteiger partial charge >= 0.3 is 5.97 Å². The Kier molecular flexibility index (Phi) is 4.34. The molecule has 0 saturated carbocycles. The zero-order valence-corrected chi connectivity index (χ0v) is 12.7. The van der Waals surface area contributed by atoms with Gasteiger partial charge in [-0.05, 0) is 38.1 Å². The molecule has 22 heavy (non-hydrogen) atoms. The Balaban J connectivity index is 2.24. The summed E-state index contributed by atoms with van der Waals surface area (Å²) in [5.74, 6) is -1.24. The van der Waals surface area contributed by atoms with Gasteiger partial charge in [0.1, 0.15) is 22.2 Å². The Morgan fingerprint density at radius 3 is 2.55 bits per heavy atom. The van der Waals surface area contributed by atoms with E-state index in [4.69, 9.17) is 9.52 Å². The van der Waals surface area contributed by atoms with Crippen molar-refractivity contribution in [1.29, 1.82) is 0 Å². The minimum absolute atomic E-state index is 0.0280. The molecule has 2 aromatic rings. The number of hydrogen-bond donors (Lipinski definition) is 2.